The maximum Gasteiger partial charge on any atom is 0.540 e. The number of hydrogen-bond donors (Lipinski definition) is 3. The van der Waals surface area contributed by atoms with Crippen molar-refractivity contribution in [3.63, 3.8) is 0 Å². The molecule has 0 aromatic heterocycles. The van der Waals surface area contributed by atoms with Gasteiger partial charge >= 0.3 is 18.1 Å². The Balaban J connectivity index is 0. The third kappa shape index (κ3) is 11.7. The van der Waals surface area contributed by atoms with E-state index in [9.17, 15) is 14.4 Å². The van der Waals surface area contributed by atoms with Crippen LogP contribution in [-0.4, -0.2) is 39.3 Å². The smallest absolute Gasteiger partial charge is 0.478 e. The lowest BCUT2D eigenvalue weighted by Gasteiger charge is -2.18. The van der Waals surface area contributed by atoms with Crippen molar-refractivity contribution in [2.24, 2.45) is 5.41 Å². The van der Waals surface area contributed by atoms with Gasteiger partial charge in [0.15, 0.2) is 0 Å². The van der Waals surface area contributed by atoms with Crippen LogP contribution in [0.15, 0.2) is 11.6 Å². The molecule has 0 unspecified atom stereocenters. The fourth-order valence-corrected chi connectivity index (χ4v) is 1.02. The molecule has 0 amide bonds. The van der Waals surface area contributed by atoms with Crippen molar-refractivity contribution in [3.05, 3.63) is 11.6 Å². The number of hydrogen-bond acceptors (Lipinski definition) is 8. The summed E-state index contributed by atoms with van der Waals surface area (Å²) >= 11 is 0. The van der Waals surface area contributed by atoms with Crippen molar-refractivity contribution in [2.45, 2.75) is 47.1 Å². The molecule has 0 aliphatic carbocycles. The van der Waals surface area contributed by atoms with Gasteiger partial charge in [0, 0.05) is 6.08 Å². The van der Waals surface area contributed by atoms with E-state index in [2.05, 4.69) is 14.5 Å². The highest BCUT2D eigenvalue weighted by molar-refractivity contribution is 5.96. The van der Waals surface area contributed by atoms with Crippen LogP contribution < -0.4 is 0 Å². The summed E-state index contributed by atoms with van der Waals surface area (Å²) in [6.07, 6.45) is -0.360. The Kier molecular flexibility index (Phi) is 9.07. The van der Waals surface area contributed by atoms with E-state index in [4.69, 9.17) is 15.6 Å². The normalized spacial score (nSPS) is 11.7. The number of carboxylic acids is 1. The van der Waals surface area contributed by atoms with Gasteiger partial charge in [0.25, 0.3) is 0 Å². The number of carboxylic acid groups (broad SMARTS) is 1. The van der Waals surface area contributed by atoms with Gasteiger partial charge in [-0.1, -0.05) is 20.8 Å². The molecule has 22 heavy (non-hydrogen) atoms. The van der Waals surface area contributed by atoms with Gasteiger partial charge in [-0.3, -0.25) is 9.78 Å². The average molecular weight is 322 g/mol. The van der Waals surface area contributed by atoms with E-state index in [0.717, 1.165) is 6.08 Å². The summed E-state index contributed by atoms with van der Waals surface area (Å²) in [6.45, 7) is 9.92. The SMILES string of the molecule is CC(C)(C)/C(=C/C(=O)O)C(=O)OO.CC(C)(C)OC(=O)OO. The molecule has 0 aliphatic heterocycles. The van der Waals surface area contributed by atoms with E-state index in [1.54, 1.807) is 41.5 Å². The second-order valence-corrected chi connectivity index (χ2v) is 6.08. The fourth-order valence-electron chi connectivity index (χ4n) is 1.02. The van der Waals surface area contributed by atoms with Gasteiger partial charge in [-0.2, -0.15) is 10.5 Å². The molecule has 0 spiro atoms. The summed E-state index contributed by atoms with van der Waals surface area (Å²) < 4.78 is 4.48. The minimum Gasteiger partial charge on any atom is -0.478 e. The Morgan fingerprint density at radius 2 is 1.36 bits per heavy atom. The summed E-state index contributed by atoms with van der Waals surface area (Å²) in [6, 6.07) is 0. The molecule has 9 heteroatoms. The minimum atomic E-state index is -1.25. The first-order valence-electron chi connectivity index (χ1n) is 6.09. The number of aliphatic carboxylic acids is 1. The molecule has 0 bridgehead atoms. The van der Waals surface area contributed by atoms with Crippen LogP contribution in [0, 0.1) is 5.41 Å². The lowest BCUT2D eigenvalue weighted by atomic mass is 9.86. The van der Waals surface area contributed by atoms with E-state index >= 15 is 0 Å². The summed E-state index contributed by atoms with van der Waals surface area (Å²) in [4.78, 5) is 38.1. The summed E-state index contributed by atoms with van der Waals surface area (Å²) in [5.74, 6) is -2.30. The van der Waals surface area contributed by atoms with Crippen LogP contribution >= 0.6 is 0 Å². The van der Waals surface area contributed by atoms with Gasteiger partial charge in [-0.15, -0.1) is 0 Å². The second-order valence-electron chi connectivity index (χ2n) is 6.08. The van der Waals surface area contributed by atoms with E-state index < -0.39 is 29.1 Å². The van der Waals surface area contributed by atoms with E-state index in [1.165, 1.54) is 0 Å². The Labute approximate surface area is 128 Å². The van der Waals surface area contributed by atoms with Crippen molar-refractivity contribution in [1.82, 2.24) is 0 Å². The topological polar surface area (TPSA) is 140 Å². The third-order valence-corrected chi connectivity index (χ3v) is 1.84. The van der Waals surface area contributed by atoms with Crippen molar-refractivity contribution in [1.29, 1.82) is 0 Å². The highest BCUT2D eigenvalue weighted by Gasteiger charge is 2.26. The van der Waals surface area contributed by atoms with E-state index in [-0.39, 0.29) is 5.57 Å². The molecule has 0 saturated heterocycles. The fraction of sp³-hybridized carbons (Fsp3) is 0.615. The van der Waals surface area contributed by atoms with E-state index in [0.29, 0.717) is 0 Å². The standard InChI is InChI=1S/C8H12O5.C5H10O4/c1-8(2,3)5(4-6(9)10)7(11)13-12;1-5(2,3)8-4(6)9-7/h4,12H,1-3H3,(H,9,10);7H,1-3H3/b5-4+;. The Morgan fingerprint density at radius 3 is 1.55 bits per heavy atom. The van der Waals surface area contributed by atoms with Gasteiger partial charge < -0.3 is 9.84 Å². The van der Waals surface area contributed by atoms with Crippen molar-refractivity contribution in [3.8, 4) is 0 Å². The quantitative estimate of drug-likeness (QED) is 0.302. The molecule has 128 valence electrons. The number of ether oxygens (including phenoxy) is 1. The monoisotopic (exact) mass is 322 g/mol. The molecule has 0 radical (unpaired) electrons. The largest absolute Gasteiger partial charge is 0.540 e. The summed E-state index contributed by atoms with van der Waals surface area (Å²) in [7, 11) is 0. The Morgan fingerprint density at radius 1 is 0.909 bits per heavy atom. The van der Waals surface area contributed by atoms with Gasteiger partial charge in [-0.25, -0.2) is 14.4 Å². The molecule has 9 nitrogen and oxygen atoms in total. The first kappa shape index (κ1) is 22.2. The second kappa shape index (κ2) is 9.00. The molecule has 0 aliphatic rings. The van der Waals surface area contributed by atoms with Crippen molar-refractivity contribution < 1.29 is 44.5 Å². The zero-order chi connectivity index (χ0) is 18.1. The number of carbonyl (C=O) groups excluding carboxylic acids is 2. The predicted octanol–water partition coefficient (Wildman–Crippen LogP) is 2.47. The molecule has 0 saturated carbocycles. The van der Waals surface area contributed by atoms with Crippen molar-refractivity contribution in [2.75, 3.05) is 0 Å². The van der Waals surface area contributed by atoms with Gasteiger partial charge in [0.05, 0.1) is 5.57 Å². The first-order valence-corrected chi connectivity index (χ1v) is 6.09. The maximum atomic E-state index is 10.9. The predicted molar refractivity (Wildman–Crippen MR) is 73.8 cm³/mol. The van der Waals surface area contributed by atoms with Crippen LogP contribution in [0.2, 0.25) is 0 Å². The zero-order valence-corrected chi connectivity index (χ0v) is 13.4. The summed E-state index contributed by atoms with van der Waals surface area (Å²) in [5.41, 5.74) is -1.39. The third-order valence-electron chi connectivity index (χ3n) is 1.84. The van der Waals surface area contributed by atoms with Crippen LogP contribution in [0.4, 0.5) is 4.79 Å². The number of rotatable bonds is 2. The highest BCUT2D eigenvalue weighted by Crippen LogP contribution is 2.25. The van der Waals surface area contributed by atoms with Crippen LogP contribution in [0.25, 0.3) is 0 Å². The van der Waals surface area contributed by atoms with Gasteiger partial charge in [-0.05, 0) is 26.2 Å². The Bertz CT molecular complexity index is 424. The molecular weight excluding hydrogens is 300 g/mol. The van der Waals surface area contributed by atoms with Crippen LogP contribution in [-0.2, 0) is 24.1 Å². The Hall–Kier alpha value is -2.13. The minimum absolute atomic E-state index is 0.0949. The van der Waals surface area contributed by atoms with Crippen LogP contribution in [0.5, 0.6) is 0 Å². The van der Waals surface area contributed by atoms with Crippen LogP contribution in [0.1, 0.15) is 41.5 Å². The molecule has 0 fully saturated rings. The molecule has 0 rings (SSSR count). The molecule has 0 atom stereocenters. The van der Waals surface area contributed by atoms with Crippen LogP contribution in [0.3, 0.4) is 0 Å². The maximum absolute atomic E-state index is 10.9. The molecule has 0 aromatic rings. The van der Waals surface area contributed by atoms with Gasteiger partial charge in [0.2, 0.25) is 0 Å². The molecule has 3 N–H and O–H groups in total. The first-order chi connectivity index (χ1) is 9.74. The molecular formula is C13H22O9. The lowest BCUT2D eigenvalue weighted by molar-refractivity contribution is -0.230. The number of carbonyl (C=O) groups is 3. The van der Waals surface area contributed by atoms with Crippen molar-refractivity contribution >= 4 is 18.1 Å². The zero-order valence-electron chi connectivity index (χ0n) is 13.4. The highest BCUT2D eigenvalue weighted by atomic mass is 17.1. The average Bonchev–Trinajstić information content (AvgIpc) is 2.32. The summed E-state index contributed by atoms with van der Waals surface area (Å²) in [5, 5.41) is 24.2. The molecule has 0 aromatic carbocycles. The van der Waals surface area contributed by atoms with Gasteiger partial charge in [0.1, 0.15) is 5.60 Å². The molecule has 0 heterocycles. The van der Waals surface area contributed by atoms with E-state index in [1.807, 2.05) is 0 Å². The lowest BCUT2D eigenvalue weighted by Crippen LogP contribution is -2.23.